The van der Waals surface area contributed by atoms with Gasteiger partial charge in [-0.05, 0) is 36.8 Å². The smallest absolute Gasteiger partial charge is 0.329 e. The molecule has 2 aromatic carbocycles. The summed E-state index contributed by atoms with van der Waals surface area (Å²) in [4.78, 5) is 23.8. The highest BCUT2D eigenvalue weighted by atomic mass is 79.9. The summed E-state index contributed by atoms with van der Waals surface area (Å²) in [6, 6.07) is 12.5. The van der Waals surface area contributed by atoms with E-state index in [-0.39, 0.29) is 0 Å². The number of aryl methyl sites for hydroxylation is 1. The number of halogens is 1. The molecule has 0 atom stereocenters. The van der Waals surface area contributed by atoms with Crippen molar-refractivity contribution in [3.8, 4) is 5.75 Å². The topological polar surface area (TPSA) is 79.8 Å². The number of amides is 2. The summed E-state index contributed by atoms with van der Waals surface area (Å²) in [6.45, 7) is 5.78. The third-order valence-electron chi connectivity index (χ3n) is 3.30. The fourth-order valence-electron chi connectivity index (χ4n) is 2.00. The van der Waals surface area contributed by atoms with Gasteiger partial charge >= 0.3 is 11.8 Å². The summed E-state index contributed by atoms with van der Waals surface area (Å²) < 4.78 is 6.34. The monoisotopic (exact) mass is 415 g/mol. The molecule has 2 amide bonds. The molecule has 0 spiro atoms. The van der Waals surface area contributed by atoms with Crippen LogP contribution in [0, 0.1) is 6.92 Å². The predicted molar refractivity (Wildman–Crippen MR) is 105 cm³/mol. The van der Waals surface area contributed by atoms with E-state index < -0.39 is 11.8 Å². The summed E-state index contributed by atoms with van der Waals surface area (Å²) >= 11 is 3.36. The number of hydrogen-bond acceptors (Lipinski definition) is 4. The Morgan fingerprint density at radius 3 is 2.73 bits per heavy atom. The number of anilines is 1. The van der Waals surface area contributed by atoms with Gasteiger partial charge in [0.25, 0.3) is 0 Å². The van der Waals surface area contributed by atoms with Crippen LogP contribution in [0.2, 0.25) is 0 Å². The molecule has 6 nitrogen and oxygen atoms in total. The Balaban J connectivity index is 2.00. The molecule has 0 bridgehead atoms. The largest absolute Gasteiger partial charge is 0.489 e. The number of ether oxygens (including phenoxy) is 1. The van der Waals surface area contributed by atoms with Gasteiger partial charge < -0.3 is 10.1 Å². The molecule has 2 aromatic rings. The molecule has 0 saturated carbocycles. The van der Waals surface area contributed by atoms with Crippen molar-refractivity contribution < 1.29 is 14.3 Å². The Kier molecular flexibility index (Phi) is 7.11. The highest BCUT2D eigenvalue weighted by Gasteiger charge is 2.13. The second kappa shape index (κ2) is 9.53. The zero-order chi connectivity index (χ0) is 18.9. The summed E-state index contributed by atoms with van der Waals surface area (Å²) in [5.41, 5.74) is 4.27. The van der Waals surface area contributed by atoms with Crippen LogP contribution < -0.4 is 15.5 Å². The molecule has 0 aliphatic carbocycles. The van der Waals surface area contributed by atoms with Gasteiger partial charge in [-0.3, -0.25) is 9.59 Å². The van der Waals surface area contributed by atoms with E-state index in [0.29, 0.717) is 23.6 Å². The number of rotatable bonds is 6. The maximum atomic E-state index is 11.9. The Hall–Kier alpha value is -2.93. The number of nitrogens with zero attached hydrogens (tertiary/aromatic N) is 1. The minimum Gasteiger partial charge on any atom is -0.489 e. The zero-order valence-corrected chi connectivity index (χ0v) is 15.7. The second-order valence-corrected chi connectivity index (χ2v) is 6.17. The van der Waals surface area contributed by atoms with Crippen LogP contribution in [-0.2, 0) is 9.59 Å². The molecular formula is C19H18BrN3O3. The van der Waals surface area contributed by atoms with Crippen LogP contribution in [-0.4, -0.2) is 24.6 Å². The van der Waals surface area contributed by atoms with Gasteiger partial charge in [0.15, 0.2) is 0 Å². The predicted octanol–water partition coefficient (Wildman–Crippen LogP) is 3.41. The lowest BCUT2D eigenvalue weighted by Gasteiger charge is -2.08. The van der Waals surface area contributed by atoms with E-state index in [9.17, 15) is 9.59 Å². The van der Waals surface area contributed by atoms with E-state index in [1.54, 1.807) is 30.3 Å². The van der Waals surface area contributed by atoms with Crippen molar-refractivity contribution in [2.75, 3.05) is 11.9 Å². The molecule has 0 unspecified atom stereocenters. The highest BCUT2D eigenvalue weighted by molar-refractivity contribution is 9.10. The molecule has 2 N–H and O–H groups in total. The molecule has 26 heavy (non-hydrogen) atoms. The van der Waals surface area contributed by atoms with Gasteiger partial charge in [-0.25, -0.2) is 5.43 Å². The van der Waals surface area contributed by atoms with Gasteiger partial charge in [0, 0.05) is 15.7 Å². The van der Waals surface area contributed by atoms with Crippen LogP contribution in [0.1, 0.15) is 11.1 Å². The van der Waals surface area contributed by atoms with Gasteiger partial charge in [-0.1, -0.05) is 46.8 Å². The van der Waals surface area contributed by atoms with Crippen molar-refractivity contribution in [3.05, 3.63) is 70.7 Å². The zero-order valence-electron chi connectivity index (χ0n) is 14.2. The Morgan fingerprint density at radius 1 is 1.23 bits per heavy atom. The number of benzene rings is 2. The van der Waals surface area contributed by atoms with Gasteiger partial charge in [-0.15, -0.1) is 0 Å². The van der Waals surface area contributed by atoms with Crippen molar-refractivity contribution in [1.82, 2.24) is 5.43 Å². The van der Waals surface area contributed by atoms with Crippen LogP contribution in [0.4, 0.5) is 5.69 Å². The average molecular weight is 416 g/mol. The highest BCUT2D eigenvalue weighted by Crippen LogP contribution is 2.21. The molecule has 134 valence electrons. The van der Waals surface area contributed by atoms with Crippen molar-refractivity contribution in [2.45, 2.75) is 6.92 Å². The third kappa shape index (κ3) is 5.56. The first-order valence-electron chi connectivity index (χ1n) is 7.74. The van der Waals surface area contributed by atoms with E-state index in [4.69, 9.17) is 4.74 Å². The Bertz CT molecular complexity index is 850. The fourth-order valence-corrected chi connectivity index (χ4v) is 2.38. The molecule has 0 saturated heterocycles. The van der Waals surface area contributed by atoms with E-state index in [0.717, 1.165) is 10.0 Å². The third-order valence-corrected chi connectivity index (χ3v) is 3.79. The first-order valence-corrected chi connectivity index (χ1v) is 8.54. The molecule has 0 radical (unpaired) electrons. The van der Waals surface area contributed by atoms with Crippen LogP contribution in [0.25, 0.3) is 0 Å². The van der Waals surface area contributed by atoms with E-state index in [1.165, 1.54) is 6.21 Å². The van der Waals surface area contributed by atoms with Crippen LogP contribution in [0.3, 0.4) is 0 Å². The van der Waals surface area contributed by atoms with E-state index >= 15 is 0 Å². The molecule has 0 aliphatic heterocycles. The summed E-state index contributed by atoms with van der Waals surface area (Å²) in [7, 11) is 0. The molecule has 0 heterocycles. The number of hydrazone groups is 1. The molecule has 0 aromatic heterocycles. The normalized spacial score (nSPS) is 10.4. The number of para-hydroxylation sites is 1. The standard InChI is InChI=1S/C19H18BrN3O3/c1-3-10-26-17-9-8-15(20)11-14(17)12-21-23-19(25)18(24)22-16-7-5-4-6-13(16)2/h3-9,11-12H,1,10H2,2H3,(H,22,24)(H,23,25)/b21-12+. The number of nitrogens with one attached hydrogen (secondary N) is 2. The fraction of sp³-hybridized carbons (Fsp3) is 0.105. The van der Waals surface area contributed by atoms with Crippen molar-refractivity contribution in [1.29, 1.82) is 0 Å². The molecule has 0 aliphatic rings. The van der Waals surface area contributed by atoms with Crippen molar-refractivity contribution >= 4 is 39.6 Å². The minimum atomic E-state index is -0.868. The van der Waals surface area contributed by atoms with Crippen LogP contribution >= 0.6 is 15.9 Å². The quantitative estimate of drug-likeness (QED) is 0.328. The van der Waals surface area contributed by atoms with Gasteiger partial charge in [0.2, 0.25) is 0 Å². The average Bonchev–Trinajstić information content (AvgIpc) is 2.62. The Morgan fingerprint density at radius 2 is 2.00 bits per heavy atom. The number of hydrogen-bond donors (Lipinski definition) is 2. The molecule has 7 heteroatoms. The maximum absolute atomic E-state index is 11.9. The van der Waals surface area contributed by atoms with Crippen molar-refractivity contribution in [2.24, 2.45) is 5.10 Å². The molecule has 2 rings (SSSR count). The summed E-state index contributed by atoms with van der Waals surface area (Å²) in [5, 5.41) is 6.36. The molecule has 0 fully saturated rings. The van der Waals surface area contributed by atoms with E-state index in [2.05, 4.69) is 38.4 Å². The van der Waals surface area contributed by atoms with E-state index in [1.807, 2.05) is 25.1 Å². The minimum absolute atomic E-state index is 0.341. The molecular weight excluding hydrogens is 398 g/mol. The number of carbonyl (C=O) groups excluding carboxylic acids is 2. The maximum Gasteiger partial charge on any atom is 0.329 e. The lowest BCUT2D eigenvalue weighted by Crippen LogP contribution is -2.32. The lowest BCUT2D eigenvalue weighted by atomic mass is 10.2. The van der Waals surface area contributed by atoms with Gasteiger partial charge in [0.1, 0.15) is 12.4 Å². The summed E-state index contributed by atoms with van der Waals surface area (Å²) in [6.07, 6.45) is 3.03. The SMILES string of the molecule is C=CCOc1ccc(Br)cc1/C=N/NC(=O)C(=O)Nc1ccccc1C. The van der Waals surface area contributed by atoms with Gasteiger partial charge in [-0.2, -0.15) is 5.10 Å². The van der Waals surface area contributed by atoms with Crippen LogP contribution in [0.15, 0.2) is 64.7 Å². The lowest BCUT2D eigenvalue weighted by molar-refractivity contribution is -0.136. The Labute approximate surface area is 160 Å². The first-order chi connectivity index (χ1) is 12.5. The first kappa shape index (κ1) is 19.4. The second-order valence-electron chi connectivity index (χ2n) is 5.25. The number of carbonyl (C=O) groups is 2. The summed E-state index contributed by atoms with van der Waals surface area (Å²) in [5.74, 6) is -1.09. The van der Waals surface area contributed by atoms with Crippen LogP contribution in [0.5, 0.6) is 5.75 Å². The van der Waals surface area contributed by atoms with Crippen molar-refractivity contribution in [3.63, 3.8) is 0 Å². The van der Waals surface area contributed by atoms with Gasteiger partial charge in [0.05, 0.1) is 6.21 Å².